The Kier molecular flexibility index (Phi) is 12.1. The Morgan fingerprint density at radius 3 is 2.21 bits per heavy atom. The predicted octanol–water partition coefficient (Wildman–Crippen LogP) is 0.902. The lowest BCUT2D eigenvalue weighted by Crippen LogP contribution is -2.50. The molecular formula is C28H38FN3O7. The van der Waals surface area contributed by atoms with E-state index in [1.165, 1.54) is 17.0 Å². The lowest BCUT2D eigenvalue weighted by molar-refractivity contribution is -0.0932. The fraction of sp³-hybridized carbons (Fsp3) is 0.500. The maximum absolute atomic E-state index is 13.4. The minimum Gasteiger partial charge on any atom is -0.492 e. The van der Waals surface area contributed by atoms with Gasteiger partial charge in [-0.25, -0.2) is 4.39 Å². The largest absolute Gasteiger partial charge is 0.492 e. The first-order valence-corrected chi connectivity index (χ1v) is 13.1. The molecule has 0 saturated carbocycles. The van der Waals surface area contributed by atoms with Gasteiger partial charge in [-0.2, -0.15) is 0 Å². The number of nitrogens with zero attached hydrogens (tertiary/aromatic N) is 2. The van der Waals surface area contributed by atoms with E-state index >= 15 is 0 Å². The van der Waals surface area contributed by atoms with E-state index in [0.717, 1.165) is 12.1 Å². The number of carbonyl (C=O) groups excluding carboxylic acids is 2. The topological polar surface area (TPSA) is 132 Å². The van der Waals surface area contributed by atoms with E-state index in [0.29, 0.717) is 50.5 Å². The number of benzene rings is 2. The number of hydrogen-bond acceptors (Lipinski definition) is 8. The molecule has 0 aliphatic carbocycles. The quantitative estimate of drug-likeness (QED) is 0.393. The summed E-state index contributed by atoms with van der Waals surface area (Å²) in [4.78, 5) is 29.6. The number of hydrogen-bond donors (Lipinski definition) is 4. The summed E-state index contributed by atoms with van der Waals surface area (Å²) in [5.74, 6) is -0.586. The molecule has 3 atom stereocenters. The third kappa shape index (κ3) is 9.26. The summed E-state index contributed by atoms with van der Waals surface area (Å²) in [6, 6.07) is 11.8. The molecule has 0 aromatic heterocycles. The maximum Gasteiger partial charge on any atom is 0.254 e. The average Bonchev–Trinajstić information content (AvgIpc) is 2.94. The molecule has 4 N–H and O–H groups in total. The SMILES string of the molecule is CNCCOc1ccc(C(=O)N2CCCCOC[C@@H](O)[C@H](O)[C@@H](O)CN(C(=O)c3ccc(F)cc3)CC2)cc1. The number of rotatable bonds is 6. The van der Waals surface area contributed by atoms with Crippen LogP contribution in [0, 0.1) is 5.82 Å². The number of ether oxygens (including phenoxy) is 2. The molecule has 0 spiro atoms. The minimum absolute atomic E-state index is 0.0452. The Labute approximate surface area is 227 Å². The lowest BCUT2D eigenvalue weighted by Gasteiger charge is -2.32. The first-order valence-electron chi connectivity index (χ1n) is 13.1. The standard InChI is InChI=1S/C28H38FN3O7/c1-30-12-17-39-23-10-6-21(7-11-23)27(36)31-13-2-3-16-38-19-25(34)26(35)24(33)18-32(15-14-31)28(37)20-4-8-22(29)9-5-20/h4-11,24-26,30,33-35H,2-3,12-19H2,1H3/t24-,25+,26+/m0/s1. The number of aliphatic hydroxyl groups excluding tert-OH is 3. The van der Waals surface area contributed by atoms with Crippen LogP contribution in [0.25, 0.3) is 0 Å². The van der Waals surface area contributed by atoms with Crippen LogP contribution in [0.2, 0.25) is 0 Å². The molecule has 0 bridgehead atoms. The fourth-order valence-corrected chi connectivity index (χ4v) is 4.15. The molecule has 2 aromatic carbocycles. The summed E-state index contributed by atoms with van der Waals surface area (Å²) in [6.07, 6.45) is -3.15. The molecule has 1 fully saturated rings. The molecule has 1 heterocycles. The van der Waals surface area contributed by atoms with Gasteiger partial charge >= 0.3 is 0 Å². The van der Waals surface area contributed by atoms with Gasteiger partial charge in [0.05, 0.1) is 6.61 Å². The molecule has 10 nitrogen and oxygen atoms in total. The smallest absolute Gasteiger partial charge is 0.254 e. The second kappa shape index (κ2) is 15.5. The van der Waals surface area contributed by atoms with Gasteiger partial charge in [-0.05, 0) is 68.4 Å². The van der Waals surface area contributed by atoms with Gasteiger partial charge in [-0.3, -0.25) is 9.59 Å². The zero-order valence-corrected chi connectivity index (χ0v) is 22.2. The predicted molar refractivity (Wildman–Crippen MR) is 142 cm³/mol. The Balaban J connectivity index is 1.79. The number of amides is 2. The van der Waals surface area contributed by atoms with Crippen LogP contribution in [0.1, 0.15) is 33.6 Å². The molecular weight excluding hydrogens is 509 g/mol. The van der Waals surface area contributed by atoms with Crippen LogP contribution in [0.5, 0.6) is 5.75 Å². The molecule has 2 amide bonds. The highest BCUT2D eigenvalue weighted by atomic mass is 19.1. The van der Waals surface area contributed by atoms with E-state index in [1.807, 2.05) is 7.05 Å². The number of β-amino-alcohol motifs (C(OH)–C–C–N with tert-alkyl or cyclic N) is 1. The Morgan fingerprint density at radius 2 is 1.54 bits per heavy atom. The van der Waals surface area contributed by atoms with Gasteiger partial charge < -0.3 is 39.9 Å². The van der Waals surface area contributed by atoms with Gasteiger partial charge in [0.2, 0.25) is 0 Å². The van der Waals surface area contributed by atoms with E-state index in [1.54, 1.807) is 29.2 Å². The summed E-state index contributed by atoms with van der Waals surface area (Å²) < 4.78 is 24.5. The van der Waals surface area contributed by atoms with Crippen LogP contribution in [-0.2, 0) is 4.74 Å². The minimum atomic E-state index is -1.55. The lowest BCUT2D eigenvalue weighted by atomic mass is 10.1. The Hall–Kier alpha value is -3.09. The fourth-order valence-electron chi connectivity index (χ4n) is 4.15. The second-order valence-electron chi connectivity index (χ2n) is 9.43. The van der Waals surface area contributed by atoms with E-state index in [9.17, 15) is 29.3 Å². The van der Waals surface area contributed by atoms with Crippen molar-refractivity contribution in [1.29, 1.82) is 0 Å². The highest BCUT2D eigenvalue weighted by molar-refractivity contribution is 5.95. The van der Waals surface area contributed by atoms with Gasteiger partial charge in [-0.1, -0.05) is 0 Å². The van der Waals surface area contributed by atoms with Gasteiger partial charge in [0.15, 0.2) is 0 Å². The van der Waals surface area contributed by atoms with Crippen molar-refractivity contribution >= 4 is 11.8 Å². The number of carbonyl (C=O) groups is 2. The molecule has 1 aliphatic heterocycles. The monoisotopic (exact) mass is 547 g/mol. The van der Waals surface area contributed by atoms with Crippen LogP contribution in [0.3, 0.4) is 0 Å². The molecule has 1 aliphatic rings. The van der Waals surface area contributed by atoms with E-state index in [-0.39, 0.29) is 37.7 Å². The van der Waals surface area contributed by atoms with Crippen molar-refractivity contribution in [1.82, 2.24) is 15.1 Å². The van der Waals surface area contributed by atoms with Crippen LogP contribution in [0.15, 0.2) is 48.5 Å². The molecule has 0 unspecified atom stereocenters. The summed E-state index contributed by atoms with van der Waals surface area (Å²) in [5, 5.41) is 34.2. The summed E-state index contributed by atoms with van der Waals surface area (Å²) in [7, 11) is 1.83. The zero-order chi connectivity index (χ0) is 28.2. The van der Waals surface area contributed by atoms with Crippen molar-refractivity contribution < 1.29 is 38.8 Å². The molecule has 39 heavy (non-hydrogen) atoms. The number of likely N-dealkylation sites (N-methyl/N-ethyl adjacent to an activating group) is 1. The first-order chi connectivity index (χ1) is 18.8. The van der Waals surface area contributed by atoms with Crippen molar-refractivity contribution in [3.63, 3.8) is 0 Å². The van der Waals surface area contributed by atoms with Crippen LogP contribution in [0.4, 0.5) is 4.39 Å². The highest BCUT2D eigenvalue weighted by Gasteiger charge is 2.29. The van der Waals surface area contributed by atoms with Crippen molar-refractivity contribution in [2.24, 2.45) is 0 Å². The molecule has 2 aromatic rings. The average molecular weight is 548 g/mol. The number of nitrogens with one attached hydrogen (secondary N) is 1. The zero-order valence-electron chi connectivity index (χ0n) is 22.2. The van der Waals surface area contributed by atoms with E-state index in [2.05, 4.69) is 5.32 Å². The summed E-state index contributed by atoms with van der Waals surface area (Å²) >= 11 is 0. The van der Waals surface area contributed by atoms with Crippen LogP contribution < -0.4 is 10.1 Å². The summed E-state index contributed by atoms with van der Waals surface area (Å²) in [5.41, 5.74) is 0.651. The van der Waals surface area contributed by atoms with Gasteiger partial charge in [0.25, 0.3) is 11.8 Å². The van der Waals surface area contributed by atoms with Crippen molar-refractivity contribution in [2.45, 2.75) is 31.2 Å². The van der Waals surface area contributed by atoms with E-state index < -0.39 is 30.0 Å². The third-order valence-electron chi connectivity index (χ3n) is 6.48. The van der Waals surface area contributed by atoms with Crippen molar-refractivity contribution in [3.05, 3.63) is 65.5 Å². The molecule has 1 saturated heterocycles. The van der Waals surface area contributed by atoms with Crippen molar-refractivity contribution in [3.8, 4) is 5.75 Å². The van der Waals surface area contributed by atoms with Crippen LogP contribution >= 0.6 is 0 Å². The number of aliphatic hydroxyl groups is 3. The molecule has 11 heteroatoms. The van der Waals surface area contributed by atoms with Gasteiger partial charge in [0.1, 0.15) is 36.5 Å². The first kappa shape index (κ1) is 30.5. The third-order valence-corrected chi connectivity index (χ3v) is 6.48. The van der Waals surface area contributed by atoms with Crippen molar-refractivity contribution in [2.75, 3.05) is 59.6 Å². The van der Waals surface area contributed by atoms with Gasteiger partial charge in [-0.15, -0.1) is 0 Å². The van der Waals surface area contributed by atoms with Gasteiger partial charge in [0, 0.05) is 50.5 Å². The summed E-state index contributed by atoms with van der Waals surface area (Å²) in [6.45, 7) is 1.60. The molecule has 0 radical (unpaired) electrons. The highest BCUT2D eigenvalue weighted by Crippen LogP contribution is 2.16. The Bertz CT molecular complexity index is 1040. The molecule has 214 valence electrons. The molecule has 3 rings (SSSR count). The van der Waals surface area contributed by atoms with Crippen LogP contribution in [-0.4, -0.2) is 115 Å². The normalized spacial score (nSPS) is 21.7. The van der Waals surface area contributed by atoms with E-state index in [4.69, 9.17) is 9.47 Å². The second-order valence-corrected chi connectivity index (χ2v) is 9.43. The Morgan fingerprint density at radius 1 is 0.923 bits per heavy atom. The maximum atomic E-state index is 13.4. The number of halogens is 1.